The lowest BCUT2D eigenvalue weighted by Gasteiger charge is -2.21. The first-order chi connectivity index (χ1) is 7.72. The van der Waals surface area contributed by atoms with E-state index >= 15 is 0 Å². The van der Waals surface area contributed by atoms with Crippen LogP contribution in [0.4, 0.5) is 0 Å². The third-order valence-corrected chi connectivity index (χ3v) is 4.03. The normalized spacial score (nSPS) is 22.9. The van der Waals surface area contributed by atoms with Crippen LogP contribution in [0.2, 0.25) is 0 Å². The van der Waals surface area contributed by atoms with Crippen molar-refractivity contribution in [1.82, 2.24) is 10.2 Å². The van der Waals surface area contributed by atoms with Crippen LogP contribution in [0.15, 0.2) is 0 Å². The van der Waals surface area contributed by atoms with E-state index in [-0.39, 0.29) is 0 Å². The molecular formula is C12H26N2OS. The van der Waals surface area contributed by atoms with Gasteiger partial charge in [-0.05, 0) is 39.6 Å². The number of hydrogen-bond donors (Lipinski definition) is 1. The Morgan fingerprint density at radius 1 is 1.50 bits per heavy atom. The molecule has 0 amide bonds. The number of nitrogens with one attached hydrogen (secondary N) is 1. The SMILES string of the molecule is CCOC(CCN(C)C)CNC1CCSC1. The van der Waals surface area contributed by atoms with Crippen LogP contribution < -0.4 is 5.32 Å². The first kappa shape index (κ1) is 14.3. The number of nitrogens with zero attached hydrogens (tertiary/aromatic N) is 1. The van der Waals surface area contributed by atoms with Gasteiger partial charge in [0.2, 0.25) is 0 Å². The summed E-state index contributed by atoms with van der Waals surface area (Å²) >= 11 is 2.05. The Hall–Kier alpha value is 0.230. The molecule has 1 N–H and O–H groups in total. The summed E-state index contributed by atoms with van der Waals surface area (Å²) in [7, 11) is 4.23. The second-order valence-electron chi connectivity index (χ2n) is 4.64. The molecule has 1 rings (SSSR count). The van der Waals surface area contributed by atoms with Crippen LogP contribution in [0.5, 0.6) is 0 Å². The van der Waals surface area contributed by atoms with Crippen LogP contribution in [0.1, 0.15) is 19.8 Å². The summed E-state index contributed by atoms with van der Waals surface area (Å²) < 4.78 is 5.76. The molecule has 1 aliphatic heterocycles. The number of hydrogen-bond acceptors (Lipinski definition) is 4. The van der Waals surface area contributed by atoms with Crippen molar-refractivity contribution in [1.29, 1.82) is 0 Å². The van der Waals surface area contributed by atoms with Gasteiger partial charge in [0, 0.05) is 31.5 Å². The fourth-order valence-electron chi connectivity index (χ4n) is 1.88. The summed E-state index contributed by atoms with van der Waals surface area (Å²) in [6.45, 7) is 5.01. The van der Waals surface area contributed by atoms with Gasteiger partial charge in [0.1, 0.15) is 0 Å². The van der Waals surface area contributed by atoms with E-state index in [4.69, 9.17) is 4.74 Å². The molecule has 16 heavy (non-hydrogen) atoms. The van der Waals surface area contributed by atoms with Crippen LogP contribution >= 0.6 is 11.8 Å². The highest BCUT2D eigenvalue weighted by Crippen LogP contribution is 2.17. The van der Waals surface area contributed by atoms with Gasteiger partial charge in [-0.25, -0.2) is 0 Å². The van der Waals surface area contributed by atoms with Crippen molar-refractivity contribution < 1.29 is 4.74 Å². The van der Waals surface area contributed by atoms with Crippen LogP contribution in [0.3, 0.4) is 0 Å². The van der Waals surface area contributed by atoms with Crippen molar-refractivity contribution in [3.05, 3.63) is 0 Å². The second kappa shape index (κ2) is 8.34. The van der Waals surface area contributed by atoms with Gasteiger partial charge < -0.3 is 15.0 Å². The quantitative estimate of drug-likeness (QED) is 0.700. The van der Waals surface area contributed by atoms with Gasteiger partial charge >= 0.3 is 0 Å². The molecule has 2 unspecified atom stereocenters. The zero-order valence-electron chi connectivity index (χ0n) is 10.9. The van der Waals surface area contributed by atoms with Gasteiger partial charge in [-0.15, -0.1) is 0 Å². The third kappa shape index (κ3) is 6.09. The highest BCUT2D eigenvalue weighted by atomic mass is 32.2. The van der Waals surface area contributed by atoms with Crippen LogP contribution in [-0.2, 0) is 4.74 Å². The Morgan fingerprint density at radius 2 is 2.31 bits per heavy atom. The third-order valence-electron chi connectivity index (χ3n) is 2.86. The fraction of sp³-hybridized carbons (Fsp3) is 1.00. The predicted octanol–water partition coefficient (Wildman–Crippen LogP) is 1.44. The first-order valence-corrected chi connectivity index (χ1v) is 7.45. The number of rotatable bonds is 8. The Bertz CT molecular complexity index is 172. The van der Waals surface area contributed by atoms with Gasteiger partial charge in [-0.2, -0.15) is 11.8 Å². The zero-order chi connectivity index (χ0) is 11.8. The summed E-state index contributed by atoms with van der Waals surface area (Å²) in [6.07, 6.45) is 2.81. The second-order valence-corrected chi connectivity index (χ2v) is 5.79. The van der Waals surface area contributed by atoms with Gasteiger partial charge in [-0.1, -0.05) is 0 Å². The maximum atomic E-state index is 5.76. The number of ether oxygens (including phenoxy) is 1. The molecule has 1 fully saturated rings. The molecule has 0 radical (unpaired) electrons. The molecule has 0 saturated carbocycles. The lowest BCUT2D eigenvalue weighted by Crippen LogP contribution is -2.38. The Morgan fingerprint density at radius 3 is 2.88 bits per heavy atom. The molecule has 0 spiro atoms. The minimum absolute atomic E-state index is 0.373. The Balaban J connectivity index is 2.15. The summed E-state index contributed by atoms with van der Waals surface area (Å²) in [5, 5.41) is 3.63. The Labute approximate surface area is 104 Å². The topological polar surface area (TPSA) is 24.5 Å². The van der Waals surface area contributed by atoms with E-state index in [1.165, 1.54) is 17.9 Å². The van der Waals surface area contributed by atoms with Crippen molar-refractivity contribution in [2.45, 2.75) is 31.9 Å². The lowest BCUT2D eigenvalue weighted by molar-refractivity contribution is 0.0504. The van der Waals surface area contributed by atoms with Crippen LogP contribution in [-0.4, -0.2) is 62.3 Å². The smallest absolute Gasteiger partial charge is 0.0711 e. The minimum atomic E-state index is 0.373. The summed E-state index contributed by atoms with van der Waals surface area (Å²) in [6, 6.07) is 0.715. The number of thioether (sulfide) groups is 1. The van der Waals surface area contributed by atoms with Crippen molar-refractivity contribution in [3.63, 3.8) is 0 Å². The van der Waals surface area contributed by atoms with Crippen molar-refractivity contribution >= 4 is 11.8 Å². The largest absolute Gasteiger partial charge is 0.377 e. The maximum Gasteiger partial charge on any atom is 0.0711 e. The Kier molecular flexibility index (Phi) is 7.45. The summed E-state index contributed by atoms with van der Waals surface area (Å²) in [5.41, 5.74) is 0. The van der Waals surface area contributed by atoms with Crippen LogP contribution in [0, 0.1) is 0 Å². The minimum Gasteiger partial charge on any atom is -0.377 e. The molecule has 1 saturated heterocycles. The molecular weight excluding hydrogens is 220 g/mol. The summed E-state index contributed by atoms with van der Waals surface area (Å²) in [4.78, 5) is 2.22. The standard InChI is InChI=1S/C12H26N2OS/c1-4-15-12(5-7-14(2)3)9-13-11-6-8-16-10-11/h11-13H,4-10H2,1-3H3. The molecule has 3 nitrogen and oxygen atoms in total. The molecule has 4 heteroatoms. The molecule has 2 atom stereocenters. The molecule has 1 aliphatic rings. The average Bonchev–Trinajstić information content (AvgIpc) is 2.75. The molecule has 0 aromatic carbocycles. The average molecular weight is 246 g/mol. The van der Waals surface area contributed by atoms with E-state index in [1.807, 2.05) is 0 Å². The monoisotopic (exact) mass is 246 g/mol. The zero-order valence-corrected chi connectivity index (χ0v) is 11.7. The summed E-state index contributed by atoms with van der Waals surface area (Å²) in [5.74, 6) is 2.58. The molecule has 96 valence electrons. The first-order valence-electron chi connectivity index (χ1n) is 6.29. The molecule has 0 aliphatic carbocycles. The van der Waals surface area contributed by atoms with Gasteiger partial charge in [0.15, 0.2) is 0 Å². The van der Waals surface area contributed by atoms with Gasteiger partial charge in [0.25, 0.3) is 0 Å². The van der Waals surface area contributed by atoms with Gasteiger partial charge in [0.05, 0.1) is 6.10 Å². The van der Waals surface area contributed by atoms with Crippen LogP contribution in [0.25, 0.3) is 0 Å². The molecule has 0 bridgehead atoms. The highest BCUT2D eigenvalue weighted by Gasteiger charge is 2.17. The van der Waals surface area contributed by atoms with E-state index < -0.39 is 0 Å². The molecule has 0 aromatic heterocycles. The van der Waals surface area contributed by atoms with Crippen molar-refractivity contribution in [2.75, 3.05) is 45.3 Å². The molecule has 0 aromatic rings. The van der Waals surface area contributed by atoms with Crippen molar-refractivity contribution in [3.8, 4) is 0 Å². The van der Waals surface area contributed by atoms with E-state index in [2.05, 4.69) is 43.0 Å². The predicted molar refractivity (Wildman–Crippen MR) is 72.3 cm³/mol. The van der Waals surface area contributed by atoms with E-state index in [0.29, 0.717) is 12.1 Å². The maximum absolute atomic E-state index is 5.76. The van der Waals surface area contributed by atoms with Gasteiger partial charge in [-0.3, -0.25) is 0 Å². The highest BCUT2D eigenvalue weighted by molar-refractivity contribution is 7.99. The van der Waals surface area contributed by atoms with Crippen molar-refractivity contribution in [2.24, 2.45) is 0 Å². The molecule has 1 heterocycles. The van der Waals surface area contributed by atoms with E-state index in [1.54, 1.807) is 0 Å². The van der Waals surface area contributed by atoms with E-state index in [0.717, 1.165) is 26.1 Å². The fourth-order valence-corrected chi connectivity index (χ4v) is 3.06. The lowest BCUT2D eigenvalue weighted by atomic mass is 10.2. The van der Waals surface area contributed by atoms with E-state index in [9.17, 15) is 0 Å².